The van der Waals surface area contributed by atoms with Gasteiger partial charge in [-0.15, -0.1) is 0 Å². The Hall–Kier alpha value is -0.760. The summed E-state index contributed by atoms with van der Waals surface area (Å²) in [5.74, 6) is -0.147. The van der Waals surface area contributed by atoms with E-state index in [-0.39, 0.29) is 19.1 Å². The maximum absolute atomic E-state index is 12.9. The van der Waals surface area contributed by atoms with Gasteiger partial charge in [0.25, 0.3) is 0 Å². The van der Waals surface area contributed by atoms with Gasteiger partial charge in [-0.3, -0.25) is 13.8 Å². The number of unbranched alkanes of at least 4 members (excludes halogenated alkanes) is 29. The van der Waals surface area contributed by atoms with Crippen LogP contribution in [0.2, 0.25) is 0 Å². The molecule has 0 aliphatic carbocycles. The molecule has 0 aromatic rings. The Morgan fingerprint density at radius 2 is 0.964 bits per heavy atom. The third-order valence-electron chi connectivity index (χ3n) is 11.0. The lowest BCUT2D eigenvalue weighted by Crippen LogP contribution is -2.46. The number of carbonyl (C=O) groups excluding carboxylic acids is 1. The highest BCUT2D eigenvalue weighted by atomic mass is 31.2. The summed E-state index contributed by atoms with van der Waals surface area (Å²) in [7, 11) is 1.62. The van der Waals surface area contributed by atoms with E-state index in [2.05, 4.69) is 31.3 Å². The van der Waals surface area contributed by atoms with E-state index in [9.17, 15) is 19.4 Å². The minimum atomic E-state index is -4.31. The van der Waals surface area contributed by atoms with Gasteiger partial charge in [-0.2, -0.15) is 0 Å². The molecular formula is C47H96N2O6P+. The lowest BCUT2D eigenvalue weighted by atomic mass is 10.0. The molecule has 56 heavy (non-hydrogen) atoms. The Morgan fingerprint density at radius 3 is 1.38 bits per heavy atom. The van der Waals surface area contributed by atoms with Crippen molar-refractivity contribution in [3.05, 3.63) is 12.2 Å². The van der Waals surface area contributed by atoms with Gasteiger partial charge in [-0.1, -0.05) is 199 Å². The zero-order valence-electron chi connectivity index (χ0n) is 37.9. The van der Waals surface area contributed by atoms with Gasteiger partial charge in [0.2, 0.25) is 5.91 Å². The topological polar surface area (TPSA) is 105 Å². The van der Waals surface area contributed by atoms with Crippen LogP contribution in [-0.2, 0) is 18.4 Å². The standard InChI is InChI=1S/C47H95N2O6P/c1-6-8-10-12-14-16-18-20-21-22-23-24-25-26-27-28-29-31-33-35-37-39-41-47(51)48-45(44-55-56(52,53)54-43-42-49(3,4)5)46(50)40-38-36-34-32-30-19-17-15-13-11-9-7-2/h25-26,45-46,50H,6-24,27-44H2,1-5H3,(H-,48,51,52,53)/p+1/b26-25-. The normalized spacial score (nSPS) is 14.3. The first-order chi connectivity index (χ1) is 27.0. The third kappa shape index (κ3) is 41.4. The minimum absolute atomic E-state index is 0.0757. The van der Waals surface area contributed by atoms with Gasteiger partial charge in [-0.25, -0.2) is 4.57 Å². The second-order valence-electron chi connectivity index (χ2n) is 17.8. The van der Waals surface area contributed by atoms with Crippen LogP contribution < -0.4 is 5.32 Å². The number of hydrogen-bond donors (Lipinski definition) is 3. The number of hydrogen-bond acceptors (Lipinski definition) is 5. The predicted molar refractivity (Wildman–Crippen MR) is 240 cm³/mol. The van der Waals surface area contributed by atoms with Gasteiger partial charge in [0.05, 0.1) is 39.9 Å². The first-order valence-corrected chi connectivity index (χ1v) is 25.5. The molecule has 0 radical (unpaired) electrons. The summed E-state index contributed by atoms with van der Waals surface area (Å²) in [6.07, 6.45) is 45.3. The summed E-state index contributed by atoms with van der Waals surface area (Å²) in [4.78, 5) is 23.2. The molecule has 3 atom stereocenters. The monoisotopic (exact) mass is 816 g/mol. The van der Waals surface area contributed by atoms with Crippen LogP contribution in [0.25, 0.3) is 0 Å². The van der Waals surface area contributed by atoms with Crippen molar-refractivity contribution < 1.29 is 32.9 Å². The molecule has 0 rings (SSSR count). The number of nitrogens with zero attached hydrogens (tertiary/aromatic N) is 1. The number of likely N-dealkylation sites (N-methyl/N-ethyl adjacent to an activating group) is 1. The quantitative estimate of drug-likeness (QED) is 0.0245. The SMILES string of the molecule is CCCCCCCCCCCCC/C=C\CCCCCCCCCC(=O)NC(COP(=O)(O)OCC[N+](C)(C)C)C(O)CCCCCCCCCCCCCC. The van der Waals surface area contributed by atoms with E-state index in [0.29, 0.717) is 23.9 Å². The van der Waals surface area contributed by atoms with Gasteiger partial charge >= 0.3 is 7.82 Å². The highest BCUT2D eigenvalue weighted by molar-refractivity contribution is 7.47. The molecule has 0 aromatic carbocycles. The van der Waals surface area contributed by atoms with Crippen LogP contribution in [-0.4, -0.2) is 73.4 Å². The van der Waals surface area contributed by atoms with Crippen molar-refractivity contribution >= 4 is 13.7 Å². The van der Waals surface area contributed by atoms with Gasteiger partial charge in [0, 0.05) is 6.42 Å². The van der Waals surface area contributed by atoms with Crippen molar-refractivity contribution in [2.24, 2.45) is 0 Å². The summed E-state index contributed by atoms with van der Waals surface area (Å²) in [6.45, 7) is 4.90. The highest BCUT2D eigenvalue weighted by Crippen LogP contribution is 2.43. The number of quaternary nitrogens is 1. The first-order valence-electron chi connectivity index (χ1n) is 24.1. The zero-order chi connectivity index (χ0) is 41.4. The molecule has 0 saturated heterocycles. The number of phosphoric ester groups is 1. The van der Waals surface area contributed by atoms with Crippen molar-refractivity contribution in [1.82, 2.24) is 5.32 Å². The summed E-state index contributed by atoms with van der Waals surface area (Å²) in [5, 5.41) is 14.0. The van der Waals surface area contributed by atoms with E-state index in [1.165, 1.54) is 167 Å². The van der Waals surface area contributed by atoms with Crippen molar-refractivity contribution in [2.45, 2.75) is 244 Å². The third-order valence-corrected chi connectivity index (χ3v) is 12.0. The van der Waals surface area contributed by atoms with Crippen LogP contribution in [0.5, 0.6) is 0 Å². The smallest absolute Gasteiger partial charge is 0.391 e. The number of nitrogens with one attached hydrogen (secondary N) is 1. The van der Waals surface area contributed by atoms with E-state index in [4.69, 9.17) is 9.05 Å². The number of rotatable bonds is 44. The molecule has 0 heterocycles. The molecule has 0 aromatic heterocycles. The average molecular weight is 816 g/mol. The molecule has 0 spiro atoms. The molecule has 1 amide bonds. The molecule has 8 nitrogen and oxygen atoms in total. The van der Waals surface area contributed by atoms with Crippen LogP contribution >= 0.6 is 7.82 Å². The fourth-order valence-corrected chi connectivity index (χ4v) is 7.89. The van der Waals surface area contributed by atoms with Gasteiger partial charge in [-0.05, 0) is 38.5 Å². The van der Waals surface area contributed by atoms with E-state index in [0.717, 1.165) is 38.5 Å². The number of allylic oxidation sites excluding steroid dienone is 2. The van der Waals surface area contributed by atoms with Crippen LogP contribution in [0.1, 0.15) is 232 Å². The zero-order valence-corrected chi connectivity index (χ0v) is 38.8. The lowest BCUT2D eigenvalue weighted by molar-refractivity contribution is -0.870. The Balaban J connectivity index is 4.22. The van der Waals surface area contributed by atoms with Crippen LogP contribution in [0, 0.1) is 0 Å². The number of carbonyl (C=O) groups is 1. The Labute approximate surface area is 348 Å². The van der Waals surface area contributed by atoms with E-state index >= 15 is 0 Å². The number of phosphoric acid groups is 1. The van der Waals surface area contributed by atoms with Gasteiger partial charge in [0.15, 0.2) is 0 Å². The number of amides is 1. The van der Waals surface area contributed by atoms with E-state index < -0.39 is 20.0 Å². The largest absolute Gasteiger partial charge is 0.472 e. The van der Waals surface area contributed by atoms with Gasteiger partial charge < -0.3 is 19.8 Å². The molecule has 3 unspecified atom stereocenters. The van der Waals surface area contributed by atoms with Crippen molar-refractivity contribution in [2.75, 3.05) is 40.9 Å². The maximum atomic E-state index is 12.9. The molecule has 0 bridgehead atoms. The fourth-order valence-electron chi connectivity index (χ4n) is 7.16. The van der Waals surface area contributed by atoms with Crippen molar-refractivity contribution in [1.29, 1.82) is 0 Å². The summed E-state index contributed by atoms with van der Waals surface area (Å²) < 4.78 is 23.6. The second kappa shape index (κ2) is 39.7. The van der Waals surface area contributed by atoms with Crippen LogP contribution in [0.15, 0.2) is 12.2 Å². The van der Waals surface area contributed by atoms with Gasteiger partial charge in [0.1, 0.15) is 13.2 Å². The second-order valence-corrected chi connectivity index (χ2v) is 19.3. The molecule has 0 aliphatic rings. The average Bonchev–Trinajstić information content (AvgIpc) is 3.15. The number of aliphatic hydroxyl groups is 1. The van der Waals surface area contributed by atoms with Crippen molar-refractivity contribution in [3.63, 3.8) is 0 Å². The molecule has 0 fully saturated rings. The highest BCUT2D eigenvalue weighted by Gasteiger charge is 2.28. The Bertz CT molecular complexity index is 927. The van der Waals surface area contributed by atoms with Crippen molar-refractivity contribution in [3.8, 4) is 0 Å². The minimum Gasteiger partial charge on any atom is -0.391 e. The van der Waals surface area contributed by atoms with E-state index in [1.54, 1.807) is 0 Å². The summed E-state index contributed by atoms with van der Waals surface area (Å²) >= 11 is 0. The van der Waals surface area contributed by atoms with Crippen LogP contribution in [0.3, 0.4) is 0 Å². The first kappa shape index (κ1) is 55.2. The van der Waals surface area contributed by atoms with E-state index in [1.807, 2.05) is 21.1 Å². The molecule has 0 saturated carbocycles. The lowest BCUT2D eigenvalue weighted by Gasteiger charge is -2.26. The Kier molecular flexibility index (Phi) is 39.1. The maximum Gasteiger partial charge on any atom is 0.472 e. The molecule has 0 aliphatic heterocycles. The summed E-state index contributed by atoms with van der Waals surface area (Å²) in [6, 6.07) is -0.758. The summed E-state index contributed by atoms with van der Waals surface area (Å²) in [5.41, 5.74) is 0. The molecular weight excluding hydrogens is 719 g/mol. The molecule has 9 heteroatoms. The molecule has 3 N–H and O–H groups in total. The Morgan fingerprint density at radius 1 is 0.589 bits per heavy atom. The fraction of sp³-hybridized carbons (Fsp3) is 0.936. The predicted octanol–water partition coefficient (Wildman–Crippen LogP) is 13.5. The molecule has 334 valence electrons. The number of aliphatic hydroxyl groups excluding tert-OH is 1. The van der Waals surface area contributed by atoms with Crippen LogP contribution in [0.4, 0.5) is 0 Å².